The topological polar surface area (TPSA) is 242 Å². The Morgan fingerprint density at radius 2 is 0.618 bits per heavy atom. The number of aromatic amines is 2. The van der Waals surface area contributed by atoms with Crippen LogP contribution in [0.15, 0.2) is 453 Å². The van der Waals surface area contributed by atoms with E-state index in [0.717, 1.165) is 46.8 Å². The standard InChI is InChI=1S/C19H20N6O2.C18H15P.C12H15BrN2O2.4C12H10.C7H7BN4O2.C6H5.CH4.3H3P.Pd/c1-24(14-6-2-3-7-14)17-11-10-13(12-18(17)25(26)27)15-8-4-5-9-16(15)19-20-22-23-21-19;1-4-10-16(11-5-1)19(17-12-6-2-7-13-17)18-14-8-3-9-15-18;1-14(10-4-2-3-5-10)11-7-6-9(13)8-12(11)15(16)17;4*1-3-7-11(8-4-1)12-9-5-2-6-10-12;13-8(14)6-4-2-1-3-5(6)7-9-11-12-10-7;1-2-4-6-5-3-1;;;;;/h4-5,8-12,14H,2-3,6-7H2,1H3,(H,20,21,22,23);1-15H;6-8,10H,2-5H2,1H3;4*1-10H;1-4,13-14H,(H,9,10,11,12);1-5H;1H4;3*1H3;/q;;;;;;;;-1;;;;;. The van der Waals surface area contributed by atoms with Gasteiger partial charge in [0, 0.05) is 74.3 Å². The van der Waals surface area contributed by atoms with Crippen LogP contribution in [0.4, 0.5) is 22.7 Å². The Bertz CT molecular complexity index is 5710. The molecule has 696 valence electrons. The van der Waals surface area contributed by atoms with Gasteiger partial charge in [-0.3, -0.25) is 20.2 Å². The van der Waals surface area contributed by atoms with Crippen molar-refractivity contribution in [1.29, 1.82) is 0 Å². The maximum atomic E-state index is 11.8. The molecule has 0 saturated heterocycles. The molecule has 136 heavy (non-hydrogen) atoms. The van der Waals surface area contributed by atoms with Gasteiger partial charge in [0.05, 0.1) is 9.85 Å². The van der Waals surface area contributed by atoms with Gasteiger partial charge in [-0.05, 0) is 139 Å². The van der Waals surface area contributed by atoms with Crippen LogP contribution in [0.25, 0.3) is 78.4 Å². The molecule has 0 amide bonds. The van der Waals surface area contributed by atoms with Crippen molar-refractivity contribution >= 4 is 105 Å². The Morgan fingerprint density at radius 1 is 0.353 bits per heavy atom. The monoisotopic (exact) mass is 2030 g/mol. The molecule has 18 nitrogen and oxygen atoms in total. The second-order valence-electron chi connectivity index (χ2n) is 30.3. The molecule has 16 aromatic carbocycles. The molecule has 3 unspecified atom stereocenters. The Labute approximate surface area is 832 Å². The zero-order chi connectivity index (χ0) is 91.2. The number of tetrazole rings is 2. The van der Waals surface area contributed by atoms with Gasteiger partial charge >= 0.3 is 7.12 Å². The van der Waals surface area contributed by atoms with Gasteiger partial charge in [0.25, 0.3) is 11.4 Å². The van der Waals surface area contributed by atoms with E-state index in [2.05, 4.69) is 358 Å². The first-order valence-corrected chi connectivity index (χ1v) is 45.5. The van der Waals surface area contributed by atoms with Crippen LogP contribution in [0.3, 0.4) is 0 Å². The Balaban J connectivity index is 0.000000212. The van der Waals surface area contributed by atoms with Crippen LogP contribution >= 0.6 is 53.5 Å². The van der Waals surface area contributed by atoms with Crippen molar-refractivity contribution < 1.29 is 40.3 Å². The summed E-state index contributed by atoms with van der Waals surface area (Å²) < 4.78 is 0.743. The molecular formula is C111H115BBrN12O6P4Pd-. The fourth-order valence-corrected chi connectivity index (χ4v) is 17.7. The Hall–Kier alpha value is -13.1. The minimum absolute atomic E-state index is 0. The zero-order valence-electron chi connectivity index (χ0n) is 75.4. The predicted molar refractivity (Wildman–Crippen MR) is 581 cm³/mol. The third-order valence-corrected chi connectivity index (χ3v) is 24.6. The number of H-pyrrole nitrogens is 2. The van der Waals surface area contributed by atoms with Crippen LogP contribution in [-0.2, 0) is 20.4 Å². The summed E-state index contributed by atoms with van der Waals surface area (Å²) in [5, 5.41) is 72.5. The van der Waals surface area contributed by atoms with E-state index in [0.29, 0.717) is 46.1 Å². The third kappa shape index (κ3) is 34.4. The number of benzene rings is 16. The summed E-state index contributed by atoms with van der Waals surface area (Å²) in [7, 11) is 1.92. The molecule has 0 spiro atoms. The predicted octanol–water partition coefficient (Wildman–Crippen LogP) is 25.3. The second kappa shape index (κ2) is 61.0. The van der Waals surface area contributed by atoms with Crippen LogP contribution in [-0.4, -0.2) is 94.4 Å². The van der Waals surface area contributed by atoms with E-state index in [4.69, 9.17) is 10.0 Å². The van der Waals surface area contributed by atoms with Crippen molar-refractivity contribution in [3.05, 3.63) is 480 Å². The number of halogens is 1. The van der Waals surface area contributed by atoms with E-state index < -0.39 is 15.0 Å². The number of hydrogen-bond acceptors (Lipinski definition) is 14. The molecule has 25 heteroatoms. The van der Waals surface area contributed by atoms with Gasteiger partial charge in [-0.25, -0.2) is 0 Å². The number of rotatable bonds is 17. The van der Waals surface area contributed by atoms with Gasteiger partial charge in [-0.1, -0.05) is 437 Å². The van der Waals surface area contributed by atoms with E-state index in [1.807, 2.05) is 141 Å². The van der Waals surface area contributed by atoms with Crippen LogP contribution in [0.2, 0.25) is 0 Å². The quantitative estimate of drug-likeness (QED) is 0.0218. The van der Waals surface area contributed by atoms with Crippen LogP contribution < -0.4 is 31.2 Å². The number of hydrogen-bond donors (Lipinski definition) is 4. The molecule has 0 radical (unpaired) electrons. The molecule has 3 atom stereocenters. The number of nitro groups is 2. The van der Waals surface area contributed by atoms with E-state index in [1.165, 1.54) is 86.1 Å². The SMILES string of the molecule is C.CN(c1ccc(-c2ccccc2-c2nn[nH]n2)cc1[N+](=O)[O-])C1CCCC1.CN(c1ccc(Br)cc1[N+](=O)[O-])C1CCCC1.OB(O)c1ccccc1-c1nn[nH]n1.P.P.P.[Pd].[c-]1ccccc1.c1ccc(-c2ccccc2)cc1.c1ccc(-c2ccccc2)cc1.c1ccc(-c2ccccc2)cc1.c1ccc(-c2ccccc2)cc1.c1ccc(P(c2ccccc2)c2ccccc2)cc1. The summed E-state index contributed by atoms with van der Waals surface area (Å²) in [6.45, 7) is 0. The van der Waals surface area contributed by atoms with Gasteiger partial charge in [0.15, 0.2) is 0 Å². The number of nitro benzene ring substituents is 2. The van der Waals surface area contributed by atoms with Crippen molar-refractivity contribution in [3.8, 4) is 78.4 Å². The van der Waals surface area contributed by atoms with Crippen molar-refractivity contribution in [2.45, 2.75) is 70.9 Å². The van der Waals surface area contributed by atoms with Crippen molar-refractivity contribution in [2.75, 3.05) is 23.9 Å². The number of nitrogens with zero attached hydrogens (tertiary/aromatic N) is 10. The summed E-state index contributed by atoms with van der Waals surface area (Å²) in [5.74, 6) is 0.800. The fourth-order valence-electron chi connectivity index (χ4n) is 15.0. The molecule has 2 saturated carbocycles. The number of nitrogens with one attached hydrogen (secondary N) is 2. The summed E-state index contributed by atoms with van der Waals surface area (Å²) in [6.07, 6.45) is 9.22. The normalized spacial score (nSPS) is 11.2. The maximum Gasteiger partial charge on any atom is 0.489 e. The second-order valence-corrected chi connectivity index (χ2v) is 33.4. The molecule has 2 aromatic heterocycles. The number of anilines is 2. The van der Waals surface area contributed by atoms with E-state index in [-0.39, 0.29) is 78.8 Å². The zero-order valence-corrected chi connectivity index (χ0v) is 83.7. The van der Waals surface area contributed by atoms with Gasteiger partial charge < -0.3 is 19.8 Å². The summed E-state index contributed by atoms with van der Waals surface area (Å²) in [5.41, 5.74) is 15.1. The largest absolute Gasteiger partial charge is 0.489 e. The summed E-state index contributed by atoms with van der Waals surface area (Å²) in [4.78, 5) is 26.3. The van der Waals surface area contributed by atoms with Gasteiger partial charge in [0.1, 0.15) is 11.4 Å². The molecule has 0 aliphatic heterocycles. The van der Waals surface area contributed by atoms with Crippen LogP contribution in [0, 0.1) is 26.3 Å². The first-order valence-electron chi connectivity index (χ1n) is 43.3. The van der Waals surface area contributed by atoms with Crippen LogP contribution in [0.5, 0.6) is 0 Å². The van der Waals surface area contributed by atoms with Gasteiger partial charge in [-0.2, -0.15) is 76.5 Å². The summed E-state index contributed by atoms with van der Waals surface area (Å²) >= 11 is 3.27. The molecule has 0 bridgehead atoms. The van der Waals surface area contributed by atoms with Crippen molar-refractivity contribution in [2.24, 2.45) is 0 Å². The fraction of sp³-hybridized carbons (Fsp3) is 0.117. The van der Waals surface area contributed by atoms with E-state index in [9.17, 15) is 20.2 Å². The molecule has 2 aliphatic carbocycles. The number of aromatic nitrogens is 8. The minimum atomic E-state index is -1.54. The van der Waals surface area contributed by atoms with Crippen molar-refractivity contribution in [3.63, 3.8) is 0 Å². The molecule has 18 aromatic rings. The molecular weight excluding hydrogens is 1920 g/mol. The average molecular weight is 2030 g/mol. The van der Waals surface area contributed by atoms with Crippen LogP contribution in [0.1, 0.15) is 58.8 Å². The average Bonchev–Trinajstić information content (AvgIpc) is 1.52. The molecule has 2 fully saturated rings. The van der Waals surface area contributed by atoms with E-state index >= 15 is 0 Å². The Morgan fingerprint density at radius 3 is 0.897 bits per heavy atom. The maximum absolute atomic E-state index is 11.8. The third-order valence-electron chi connectivity index (χ3n) is 21.6. The van der Waals surface area contributed by atoms with Gasteiger partial charge in [-0.15, -0.1) is 20.4 Å². The minimum Gasteiger partial charge on any atom is -0.423 e. The molecule has 2 aliphatic rings. The first-order chi connectivity index (χ1) is 64.3. The van der Waals surface area contributed by atoms with Crippen molar-refractivity contribution in [1.82, 2.24) is 41.2 Å². The Kier molecular flexibility index (Phi) is 49.3. The smallest absolute Gasteiger partial charge is 0.423 e. The van der Waals surface area contributed by atoms with Gasteiger partial charge in [0.2, 0.25) is 11.6 Å². The molecule has 4 N–H and O–H groups in total. The van der Waals surface area contributed by atoms with E-state index in [1.54, 1.807) is 36.4 Å². The first kappa shape index (κ1) is 110. The molecule has 20 rings (SSSR count). The molecule has 2 heterocycles. The summed E-state index contributed by atoms with van der Waals surface area (Å²) in [6, 6.07) is 154.